The molecule has 1 heterocycles. The summed E-state index contributed by atoms with van der Waals surface area (Å²) < 4.78 is 0. The van der Waals surface area contributed by atoms with Crippen molar-refractivity contribution in [3.05, 3.63) is 0 Å². The SMILES string of the molecule is CN(C)C1CN(C(=N)N)C1.Cl. The molecule has 0 saturated carbocycles. The number of hydrogen-bond acceptors (Lipinski definition) is 2. The summed E-state index contributed by atoms with van der Waals surface area (Å²) in [5.41, 5.74) is 5.25. The maximum absolute atomic E-state index is 7.07. The van der Waals surface area contributed by atoms with Crippen LogP contribution in [0.2, 0.25) is 0 Å². The van der Waals surface area contributed by atoms with E-state index in [4.69, 9.17) is 11.1 Å². The Morgan fingerprint density at radius 2 is 2.00 bits per heavy atom. The molecule has 0 spiro atoms. The number of likely N-dealkylation sites (N-methyl/N-ethyl adjacent to an activating group) is 1. The second-order valence-electron chi connectivity index (χ2n) is 2.91. The van der Waals surface area contributed by atoms with Gasteiger partial charge in [0.15, 0.2) is 5.96 Å². The number of nitrogens with zero attached hydrogens (tertiary/aromatic N) is 2. The first-order valence-electron chi connectivity index (χ1n) is 3.36. The Morgan fingerprint density at radius 3 is 2.27 bits per heavy atom. The maximum atomic E-state index is 7.07. The summed E-state index contributed by atoms with van der Waals surface area (Å²) in [4.78, 5) is 4.00. The van der Waals surface area contributed by atoms with Crippen LogP contribution in [0.3, 0.4) is 0 Å². The highest BCUT2D eigenvalue weighted by atomic mass is 35.5. The first kappa shape index (κ1) is 10.5. The molecule has 0 aromatic carbocycles. The van der Waals surface area contributed by atoms with Crippen LogP contribution >= 0.6 is 12.4 Å². The smallest absolute Gasteiger partial charge is 0.188 e. The van der Waals surface area contributed by atoms with E-state index in [-0.39, 0.29) is 18.4 Å². The van der Waals surface area contributed by atoms with Gasteiger partial charge in [-0.2, -0.15) is 0 Å². The molecule has 5 heteroatoms. The summed E-state index contributed by atoms with van der Waals surface area (Å²) >= 11 is 0. The highest BCUT2D eigenvalue weighted by Gasteiger charge is 2.28. The normalized spacial score (nSPS) is 17.5. The lowest BCUT2D eigenvalue weighted by Gasteiger charge is -2.42. The van der Waals surface area contributed by atoms with Gasteiger partial charge < -0.3 is 15.5 Å². The molecular weight excluding hydrogens is 164 g/mol. The Balaban J connectivity index is 0.000001000. The molecule has 4 nitrogen and oxygen atoms in total. The van der Waals surface area contributed by atoms with Crippen molar-refractivity contribution < 1.29 is 0 Å². The second-order valence-corrected chi connectivity index (χ2v) is 2.91. The van der Waals surface area contributed by atoms with Gasteiger partial charge in [0, 0.05) is 19.1 Å². The molecule has 1 aliphatic heterocycles. The van der Waals surface area contributed by atoms with Gasteiger partial charge in [-0.25, -0.2) is 0 Å². The Labute approximate surface area is 73.3 Å². The predicted octanol–water partition coefficient (Wildman–Crippen LogP) is -0.453. The molecule has 11 heavy (non-hydrogen) atoms. The first-order valence-corrected chi connectivity index (χ1v) is 3.36. The molecule has 0 aliphatic carbocycles. The lowest BCUT2D eigenvalue weighted by molar-refractivity contribution is 0.122. The van der Waals surface area contributed by atoms with Gasteiger partial charge in [0.05, 0.1) is 0 Å². The van der Waals surface area contributed by atoms with Crippen LogP contribution in [-0.4, -0.2) is 49.0 Å². The Morgan fingerprint density at radius 1 is 1.55 bits per heavy atom. The molecule has 1 saturated heterocycles. The summed E-state index contributed by atoms with van der Waals surface area (Å²) in [6.45, 7) is 1.81. The molecule has 0 amide bonds. The Kier molecular flexibility index (Phi) is 3.62. The molecule has 0 aromatic rings. The Bertz CT molecular complexity index is 142. The van der Waals surface area contributed by atoms with Gasteiger partial charge in [-0.15, -0.1) is 12.4 Å². The number of nitrogens with two attached hydrogens (primary N) is 1. The van der Waals surface area contributed by atoms with E-state index >= 15 is 0 Å². The van der Waals surface area contributed by atoms with E-state index in [1.165, 1.54) is 0 Å². The van der Waals surface area contributed by atoms with Crippen LogP contribution in [0, 0.1) is 5.41 Å². The van der Waals surface area contributed by atoms with Gasteiger partial charge in [-0.05, 0) is 14.1 Å². The van der Waals surface area contributed by atoms with Crippen molar-refractivity contribution in [1.82, 2.24) is 9.80 Å². The minimum Gasteiger partial charge on any atom is -0.370 e. The highest BCUT2D eigenvalue weighted by molar-refractivity contribution is 5.85. The summed E-state index contributed by atoms with van der Waals surface area (Å²) in [5, 5.41) is 7.07. The second kappa shape index (κ2) is 3.78. The van der Waals surface area contributed by atoms with Crippen molar-refractivity contribution in [3.63, 3.8) is 0 Å². The molecule has 0 bridgehead atoms. The third-order valence-electron chi connectivity index (χ3n) is 1.93. The number of likely N-dealkylation sites (tertiary alicyclic amines) is 1. The number of guanidine groups is 1. The molecule has 3 N–H and O–H groups in total. The fourth-order valence-electron chi connectivity index (χ4n) is 0.979. The van der Waals surface area contributed by atoms with Crippen LogP contribution in [0.25, 0.3) is 0 Å². The fourth-order valence-corrected chi connectivity index (χ4v) is 0.979. The van der Waals surface area contributed by atoms with Crippen LogP contribution < -0.4 is 5.73 Å². The van der Waals surface area contributed by atoms with Crippen LogP contribution in [-0.2, 0) is 0 Å². The lowest BCUT2D eigenvalue weighted by atomic mass is 10.1. The van der Waals surface area contributed by atoms with Gasteiger partial charge >= 0.3 is 0 Å². The average Bonchev–Trinajstić information content (AvgIpc) is 1.56. The molecule has 1 fully saturated rings. The van der Waals surface area contributed by atoms with E-state index in [1.54, 1.807) is 0 Å². The molecule has 1 aliphatic rings. The number of rotatable bonds is 1. The van der Waals surface area contributed by atoms with Gasteiger partial charge in [0.25, 0.3) is 0 Å². The van der Waals surface area contributed by atoms with Crippen LogP contribution in [0.15, 0.2) is 0 Å². The van der Waals surface area contributed by atoms with Gasteiger partial charge in [-0.3, -0.25) is 5.41 Å². The Hall–Kier alpha value is -0.480. The zero-order chi connectivity index (χ0) is 7.72. The fraction of sp³-hybridized carbons (Fsp3) is 0.833. The molecular formula is C6H15ClN4. The first-order chi connectivity index (χ1) is 4.61. The molecule has 0 aromatic heterocycles. The van der Waals surface area contributed by atoms with Gasteiger partial charge in [0.1, 0.15) is 0 Å². The summed E-state index contributed by atoms with van der Waals surface area (Å²) in [7, 11) is 4.09. The van der Waals surface area contributed by atoms with Crippen LogP contribution in [0.1, 0.15) is 0 Å². The zero-order valence-corrected chi connectivity index (χ0v) is 7.69. The predicted molar refractivity (Wildman–Crippen MR) is 48.2 cm³/mol. The average molecular weight is 179 g/mol. The van der Waals surface area contributed by atoms with E-state index in [2.05, 4.69) is 4.90 Å². The molecule has 0 atom stereocenters. The molecule has 0 unspecified atom stereocenters. The number of halogens is 1. The van der Waals surface area contributed by atoms with Crippen molar-refractivity contribution in [2.45, 2.75) is 6.04 Å². The number of hydrogen-bond donors (Lipinski definition) is 2. The van der Waals surface area contributed by atoms with Gasteiger partial charge in [-0.1, -0.05) is 0 Å². The van der Waals surface area contributed by atoms with Crippen LogP contribution in [0.5, 0.6) is 0 Å². The summed E-state index contributed by atoms with van der Waals surface area (Å²) in [6, 6.07) is 0.587. The van der Waals surface area contributed by atoms with Crippen molar-refractivity contribution in [2.75, 3.05) is 27.2 Å². The highest BCUT2D eigenvalue weighted by Crippen LogP contribution is 2.10. The van der Waals surface area contributed by atoms with E-state index in [9.17, 15) is 0 Å². The van der Waals surface area contributed by atoms with E-state index < -0.39 is 0 Å². The monoisotopic (exact) mass is 178 g/mol. The quantitative estimate of drug-likeness (QED) is 0.423. The van der Waals surface area contributed by atoms with E-state index in [1.807, 2.05) is 19.0 Å². The summed E-state index contributed by atoms with van der Waals surface area (Å²) in [5.74, 6) is 0.193. The maximum Gasteiger partial charge on any atom is 0.188 e. The van der Waals surface area contributed by atoms with E-state index in [0.717, 1.165) is 13.1 Å². The van der Waals surface area contributed by atoms with Crippen molar-refractivity contribution in [3.8, 4) is 0 Å². The van der Waals surface area contributed by atoms with Crippen molar-refractivity contribution in [1.29, 1.82) is 5.41 Å². The number of nitrogens with one attached hydrogen (secondary N) is 1. The van der Waals surface area contributed by atoms with Crippen LogP contribution in [0.4, 0.5) is 0 Å². The van der Waals surface area contributed by atoms with Gasteiger partial charge in [0.2, 0.25) is 0 Å². The standard InChI is InChI=1S/C6H14N4.ClH/c1-9(2)5-3-10(4-5)6(7)8;/h5H,3-4H2,1-2H3,(H3,7,8);1H. The molecule has 1 rings (SSSR count). The van der Waals surface area contributed by atoms with E-state index in [0.29, 0.717) is 6.04 Å². The lowest BCUT2D eigenvalue weighted by Crippen LogP contribution is -2.60. The van der Waals surface area contributed by atoms with Crippen molar-refractivity contribution in [2.24, 2.45) is 5.73 Å². The molecule has 0 radical (unpaired) electrons. The largest absolute Gasteiger partial charge is 0.370 e. The third kappa shape index (κ3) is 2.24. The summed E-state index contributed by atoms with van der Waals surface area (Å²) in [6.07, 6.45) is 0. The topological polar surface area (TPSA) is 56.4 Å². The minimum atomic E-state index is 0. The third-order valence-corrected chi connectivity index (χ3v) is 1.93. The minimum absolute atomic E-state index is 0. The zero-order valence-electron chi connectivity index (χ0n) is 6.87. The molecule has 66 valence electrons. The van der Waals surface area contributed by atoms with Crippen molar-refractivity contribution >= 4 is 18.4 Å².